The van der Waals surface area contributed by atoms with Gasteiger partial charge in [-0.05, 0) is 17.6 Å². The molecule has 2 N–H and O–H groups in total. The van der Waals surface area contributed by atoms with Crippen LogP contribution < -0.4 is 5.73 Å². The number of hydrogen-bond acceptors (Lipinski definition) is 4. The lowest BCUT2D eigenvalue weighted by atomic mass is 10.4. The average molecular weight is 140 g/mol. The van der Waals surface area contributed by atoms with Gasteiger partial charge in [0, 0.05) is 0 Å². The fourth-order valence-corrected chi connectivity index (χ4v) is 1.28. The van der Waals surface area contributed by atoms with Crippen LogP contribution in [0, 0.1) is 0 Å². The summed E-state index contributed by atoms with van der Waals surface area (Å²) in [5.41, 5.74) is 6.15. The summed E-state index contributed by atoms with van der Waals surface area (Å²) in [5, 5.41) is 1.64. The van der Waals surface area contributed by atoms with Gasteiger partial charge >= 0.3 is 0 Å². The van der Waals surface area contributed by atoms with E-state index < -0.39 is 0 Å². The van der Waals surface area contributed by atoms with Gasteiger partial charge in [-0.1, -0.05) is 0 Å². The molecule has 0 spiro atoms. The number of anilines is 1. The molecule has 2 heterocycles. The predicted molar refractivity (Wildman–Crippen MR) is 36.3 cm³/mol. The van der Waals surface area contributed by atoms with Crippen molar-refractivity contribution in [1.82, 2.24) is 4.37 Å². The molecule has 0 atom stereocenters. The predicted octanol–water partition coefficient (Wildman–Crippen LogP) is 1.47. The minimum Gasteiger partial charge on any atom is -0.445 e. The molecule has 0 saturated heterocycles. The van der Waals surface area contributed by atoms with E-state index in [1.54, 1.807) is 6.26 Å². The quantitative estimate of drug-likeness (QED) is 0.602. The third kappa shape index (κ3) is 0.533. The number of fused-ring (bicyclic) bond motifs is 1. The Morgan fingerprint density at radius 3 is 3.33 bits per heavy atom. The Kier molecular flexibility index (Phi) is 0.790. The van der Waals surface area contributed by atoms with Crippen LogP contribution in [0.5, 0.6) is 0 Å². The van der Waals surface area contributed by atoms with Crippen LogP contribution in [0.4, 0.5) is 5.00 Å². The lowest BCUT2D eigenvalue weighted by Gasteiger charge is -1.73. The highest BCUT2D eigenvalue weighted by Gasteiger charge is 2.02. The maximum atomic E-state index is 5.52. The van der Waals surface area contributed by atoms with Crippen molar-refractivity contribution in [3.05, 3.63) is 12.3 Å². The average Bonchev–Trinajstić information content (AvgIpc) is 2.35. The van der Waals surface area contributed by atoms with E-state index in [1.807, 2.05) is 6.07 Å². The fraction of sp³-hybridized carbons (Fsp3) is 0. The van der Waals surface area contributed by atoms with Gasteiger partial charge in [-0.15, -0.1) is 0 Å². The van der Waals surface area contributed by atoms with Crippen LogP contribution in [-0.4, -0.2) is 4.37 Å². The molecule has 0 unspecified atom stereocenters. The van der Waals surface area contributed by atoms with Crippen LogP contribution in [0.15, 0.2) is 16.7 Å². The smallest absolute Gasteiger partial charge is 0.239 e. The molecule has 0 saturated carbocycles. The SMILES string of the molecule is Nc1snc2occc12. The summed E-state index contributed by atoms with van der Waals surface area (Å²) in [6, 6.07) is 1.81. The number of furan rings is 1. The van der Waals surface area contributed by atoms with Gasteiger partial charge in [0.2, 0.25) is 5.71 Å². The summed E-state index contributed by atoms with van der Waals surface area (Å²) in [6.07, 6.45) is 1.58. The molecule has 0 aliphatic carbocycles. The first kappa shape index (κ1) is 4.81. The summed E-state index contributed by atoms with van der Waals surface area (Å²) >= 11 is 1.26. The molecule has 2 aromatic rings. The van der Waals surface area contributed by atoms with Crippen LogP contribution in [0.1, 0.15) is 0 Å². The standard InChI is InChI=1S/C5H4N2OS/c6-4-3-1-2-8-5(3)7-9-4/h1-2H,6H2. The zero-order chi connectivity index (χ0) is 6.27. The van der Waals surface area contributed by atoms with E-state index in [0.717, 1.165) is 10.4 Å². The van der Waals surface area contributed by atoms with Crippen molar-refractivity contribution in [3.63, 3.8) is 0 Å². The van der Waals surface area contributed by atoms with E-state index >= 15 is 0 Å². The summed E-state index contributed by atoms with van der Waals surface area (Å²) in [6.45, 7) is 0. The van der Waals surface area contributed by atoms with E-state index in [1.165, 1.54) is 11.5 Å². The van der Waals surface area contributed by atoms with Crippen molar-refractivity contribution in [3.8, 4) is 0 Å². The van der Waals surface area contributed by atoms with Gasteiger partial charge < -0.3 is 10.2 Å². The van der Waals surface area contributed by atoms with Crippen LogP contribution in [0.3, 0.4) is 0 Å². The third-order valence-corrected chi connectivity index (χ3v) is 1.81. The van der Waals surface area contributed by atoms with Gasteiger partial charge in [0.05, 0.1) is 11.6 Å². The van der Waals surface area contributed by atoms with Crippen LogP contribution >= 0.6 is 11.5 Å². The Morgan fingerprint density at radius 2 is 2.56 bits per heavy atom. The molecule has 0 amide bonds. The highest BCUT2D eigenvalue weighted by atomic mass is 32.1. The van der Waals surface area contributed by atoms with Crippen molar-refractivity contribution >= 4 is 27.6 Å². The minimum atomic E-state index is 0.637. The third-order valence-electron chi connectivity index (χ3n) is 1.14. The number of aromatic nitrogens is 1. The topological polar surface area (TPSA) is 52.0 Å². The lowest BCUT2D eigenvalue weighted by molar-refractivity contribution is 0.607. The van der Waals surface area contributed by atoms with Crippen LogP contribution in [0.25, 0.3) is 11.1 Å². The lowest BCUT2D eigenvalue weighted by Crippen LogP contribution is -1.74. The van der Waals surface area contributed by atoms with Gasteiger partial charge in [-0.2, -0.15) is 4.37 Å². The zero-order valence-electron chi connectivity index (χ0n) is 4.50. The first-order chi connectivity index (χ1) is 4.38. The van der Waals surface area contributed by atoms with Crippen molar-refractivity contribution in [1.29, 1.82) is 0 Å². The van der Waals surface area contributed by atoms with E-state index in [-0.39, 0.29) is 0 Å². The molecule has 0 fully saturated rings. The molecule has 0 bridgehead atoms. The highest BCUT2D eigenvalue weighted by Crippen LogP contribution is 2.24. The van der Waals surface area contributed by atoms with Gasteiger partial charge in [-0.3, -0.25) is 0 Å². The largest absolute Gasteiger partial charge is 0.445 e. The Morgan fingerprint density at radius 1 is 1.67 bits per heavy atom. The Bertz CT molecular complexity index is 324. The van der Waals surface area contributed by atoms with Crippen molar-refractivity contribution in [2.24, 2.45) is 0 Å². The van der Waals surface area contributed by atoms with Gasteiger partial charge in [-0.25, -0.2) is 0 Å². The molecule has 2 rings (SSSR count). The van der Waals surface area contributed by atoms with Gasteiger partial charge in [0.1, 0.15) is 5.00 Å². The van der Waals surface area contributed by atoms with Crippen molar-refractivity contribution < 1.29 is 4.42 Å². The number of nitrogen functional groups attached to an aromatic ring is 1. The number of hydrogen-bond donors (Lipinski definition) is 1. The highest BCUT2D eigenvalue weighted by molar-refractivity contribution is 7.11. The monoisotopic (exact) mass is 140 g/mol. The Hall–Kier alpha value is -1.03. The molecule has 2 aromatic heterocycles. The molecule has 0 aliphatic rings. The molecule has 0 aliphatic heterocycles. The zero-order valence-corrected chi connectivity index (χ0v) is 5.31. The summed E-state index contributed by atoms with van der Waals surface area (Å²) in [5.74, 6) is 0. The summed E-state index contributed by atoms with van der Waals surface area (Å²) < 4.78 is 8.89. The molecular weight excluding hydrogens is 136 g/mol. The Labute approximate surface area is 55.2 Å². The fourth-order valence-electron chi connectivity index (χ4n) is 0.699. The first-order valence-corrected chi connectivity index (χ1v) is 3.23. The minimum absolute atomic E-state index is 0.637. The van der Waals surface area contributed by atoms with Crippen molar-refractivity contribution in [2.45, 2.75) is 0 Å². The van der Waals surface area contributed by atoms with E-state index in [4.69, 9.17) is 10.2 Å². The molecule has 4 heteroatoms. The second-order valence-electron chi connectivity index (χ2n) is 1.69. The maximum absolute atomic E-state index is 5.52. The van der Waals surface area contributed by atoms with E-state index in [0.29, 0.717) is 5.71 Å². The molecule has 0 radical (unpaired) electrons. The first-order valence-electron chi connectivity index (χ1n) is 2.46. The second kappa shape index (κ2) is 1.48. The normalized spacial score (nSPS) is 10.7. The summed E-state index contributed by atoms with van der Waals surface area (Å²) in [7, 11) is 0. The molecular formula is C5H4N2OS. The van der Waals surface area contributed by atoms with Crippen LogP contribution in [-0.2, 0) is 0 Å². The van der Waals surface area contributed by atoms with Gasteiger partial charge in [0.25, 0.3) is 0 Å². The van der Waals surface area contributed by atoms with E-state index in [9.17, 15) is 0 Å². The molecule has 46 valence electrons. The number of rotatable bonds is 0. The molecule has 3 nitrogen and oxygen atoms in total. The number of nitrogens with two attached hydrogens (primary N) is 1. The molecule has 9 heavy (non-hydrogen) atoms. The number of nitrogens with zero attached hydrogens (tertiary/aromatic N) is 1. The van der Waals surface area contributed by atoms with E-state index in [2.05, 4.69) is 4.37 Å². The van der Waals surface area contributed by atoms with Crippen molar-refractivity contribution in [2.75, 3.05) is 5.73 Å². The van der Waals surface area contributed by atoms with Gasteiger partial charge in [0.15, 0.2) is 0 Å². The Balaban J connectivity index is 2.99. The van der Waals surface area contributed by atoms with Crippen LogP contribution in [0.2, 0.25) is 0 Å². The maximum Gasteiger partial charge on any atom is 0.239 e. The second-order valence-corrected chi connectivity index (χ2v) is 2.49. The molecule has 0 aromatic carbocycles. The summed E-state index contributed by atoms with van der Waals surface area (Å²) in [4.78, 5) is 0.